The zero-order valence-electron chi connectivity index (χ0n) is 28.6. The molecule has 3 heterocycles. The molecule has 1 aliphatic heterocycles. The summed E-state index contributed by atoms with van der Waals surface area (Å²) in [5.74, 6) is 0.511. The third-order valence-electron chi connectivity index (χ3n) is 10.0. The van der Waals surface area contributed by atoms with Crippen molar-refractivity contribution in [2.24, 2.45) is 5.73 Å². The van der Waals surface area contributed by atoms with Gasteiger partial charge < -0.3 is 30.5 Å². The molecule has 3 aromatic carbocycles. The van der Waals surface area contributed by atoms with E-state index in [0.717, 1.165) is 30.7 Å². The quantitative estimate of drug-likeness (QED) is 0.171. The van der Waals surface area contributed by atoms with Crippen LogP contribution in [0.4, 0.5) is 10.1 Å². The highest BCUT2D eigenvalue weighted by Gasteiger charge is 2.39. The molecule has 51 heavy (non-hydrogen) atoms. The summed E-state index contributed by atoms with van der Waals surface area (Å²) in [6.07, 6.45) is 6.41. The van der Waals surface area contributed by atoms with Crippen molar-refractivity contribution in [2.45, 2.75) is 62.3 Å². The van der Waals surface area contributed by atoms with Crippen molar-refractivity contribution in [1.82, 2.24) is 25.5 Å². The fourth-order valence-corrected chi connectivity index (χ4v) is 7.27. The smallest absolute Gasteiger partial charge is 0.233 e. The number of aromatic nitrogens is 4. The fraction of sp³-hybridized carbons (Fsp3) is 0.385. The number of rotatable bonds is 8. The maximum Gasteiger partial charge on any atom is 0.233 e. The fourth-order valence-electron chi connectivity index (χ4n) is 7.02. The normalized spacial score (nSPS) is 22.2. The molecular weight excluding hydrogens is 669 g/mol. The predicted molar refractivity (Wildman–Crippen MR) is 197 cm³/mol. The minimum absolute atomic E-state index is 0.0688. The van der Waals surface area contributed by atoms with Crippen LogP contribution in [0, 0.1) is 5.82 Å². The predicted octanol–water partition coefficient (Wildman–Crippen LogP) is 6.21. The lowest BCUT2D eigenvalue weighted by molar-refractivity contribution is 0.122. The molecule has 10 nitrogen and oxygen atoms in total. The third kappa shape index (κ3) is 8.29. The lowest BCUT2D eigenvalue weighted by Gasteiger charge is -2.29. The van der Waals surface area contributed by atoms with Crippen LogP contribution in [0.15, 0.2) is 79.1 Å². The Balaban J connectivity index is 0.000000199. The summed E-state index contributed by atoms with van der Waals surface area (Å²) < 4.78 is 25.5. The van der Waals surface area contributed by atoms with E-state index in [4.69, 9.17) is 26.8 Å². The van der Waals surface area contributed by atoms with Crippen molar-refractivity contribution < 1.29 is 19.0 Å². The average molecular weight is 712 g/mol. The van der Waals surface area contributed by atoms with Crippen LogP contribution >= 0.6 is 11.6 Å². The molecule has 266 valence electrons. The highest BCUT2D eigenvalue weighted by Crippen LogP contribution is 2.41. The molecule has 2 saturated carbocycles. The Labute approximate surface area is 302 Å². The summed E-state index contributed by atoms with van der Waals surface area (Å²) in [5, 5.41) is 23.3. The number of benzene rings is 3. The summed E-state index contributed by atoms with van der Waals surface area (Å²) in [4.78, 5) is 11.0. The molecular formula is C39H43ClFN7O3. The summed E-state index contributed by atoms with van der Waals surface area (Å²) in [5.41, 5.74) is 10.3. The molecule has 8 rings (SSSR count). The van der Waals surface area contributed by atoms with Crippen molar-refractivity contribution in [3.05, 3.63) is 107 Å². The number of nitrogens with zero attached hydrogens (tertiary/aromatic N) is 5. The number of ether oxygens (including phenoxy) is 2. The van der Waals surface area contributed by atoms with Crippen molar-refractivity contribution in [3.8, 4) is 17.1 Å². The summed E-state index contributed by atoms with van der Waals surface area (Å²) in [7, 11) is 1.47. The first kappa shape index (κ1) is 35.2. The van der Waals surface area contributed by atoms with Gasteiger partial charge in [-0.15, -0.1) is 10.2 Å². The van der Waals surface area contributed by atoms with Crippen LogP contribution in [0.3, 0.4) is 0 Å². The van der Waals surface area contributed by atoms with E-state index in [1.165, 1.54) is 63.2 Å². The number of halogens is 2. The van der Waals surface area contributed by atoms with Gasteiger partial charge in [0.05, 0.1) is 37.2 Å². The number of hydrogen-bond donors (Lipinski definition) is 3. The van der Waals surface area contributed by atoms with Gasteiger partial charge >= 0.3 is 0 Å². The Morgan fingerprint density at radius 1 is 0.980 bits per heavy atom. The van der Waals surface area contributed by atoms with Gasteiger partial charge in [-0.2, -0.15) is 0 Å². The number of morpholine rings is 1. The van der Waals surface area contributed by atoms with E-state index in [9.17, 15) is 5.11 Å². The standard InChI is InChI=1S/C24H21ClFN5O3.C15H22N2/c1-33-22-5-4-20(29-30-22)24(32)16-11-17(19(26)12-18(16)25)23-15-3-2-14(10-21(15)27-13-28-23)31-6-8-34-9-7-31;16-12-6-8-13(9-7-12)17-15-10-14(15)11-4-2-1-3-5-11/h2-5,10-13,24,32H,6-9H2,1H3;1-5,12-15,17H,6-10,16H2/t24-;/m0./s1. The number of nitrogens with one attached hydrogen (secondary N) is 1. The first-order valence-corrected chi connectivity index (χ1v) is 17.9. The molecule has 2 unspecified atom stereocenters. The minimum Gasteiger partial charge on any atom is -0.480 e. The number of aliphatic hydroxyl groups excluding tert-OH is 1. The monoisotopic (exact) mass is 711 g/mol. The van der Waals surface area contributed by atoms with Crippen molar-refractivity contribution in [2.75, 3.05) is 38.3 Å². The van der Waals surface area contributed by atoms with Gasteiger partial charge in [-0.3, -0.25) is 0 Å². The molecule has 2 aromatic heterocycles. The lowest BCUT2D eigenvalue weighted by Crippen LogP contribution is -2.38. The molecule has 4 N–H and O–H groups in total. The van der Waals surface area contributed by atoms with E-state index in [-0.39, 0.29) is 21.8 Å². The van der Waals surface area contributed by atoms with Crippen LogP contribution in [0.1, 0.15) is 60.9 Å². The highest BCUT2D eigenvalue weighted by atomic mass is 35.5. The summed E-state index contributed by atoms with van der Waals surface area (Å²) in [6.45, 7) is 2.94. The zero-order valence-corrected chi connectivity index (χ0v) is 29.3. The van der Waals surface area contributed by atoms with Gasteiger partial charge in [0.15, 0.2) is 0 Å². The Bertz CT molecular complexity index is 1920. The average Bonchev–Trinajstić information content (AvgIpc) is 3.95. The minimum atomic E-state index is -1.22. The van der Waals surface area contributed by atoms with Gasteiger partial charge in [-0.05, 0) is 74.1 Å². The highest BCUT2D eigenvalue weighted by molar-refractivity contribution is 6.31. The molecule has 0 amide bonds. The molecule has 3 aliphatic rings. The maximum absolute atomic E-state index is 15.1. The topological polar surface area (TPSA) is 132 Å². The second-order valence-corrected chi connectivity index (χ2v) is 13.8. The molecule has 12 heteroatoms. The largest absolute Gasteiger partial charge is 0.480 e. The van der Waals surface area contributed by atoms with Crippen LogP contribution < -0.4 is 20.7 Å². The summed E-state index contributed by atoms with van der Waals surface area (Å²) >= 11 is 6.30. The van der Waals surface area contributed by atoms with E-state index < -0.39 is 11.9 Å². The van der Waals surface area contributed by atoms with Gasteiger partial charge in [0.25, 0.3) is 0 Å². The SMILES string of the molecule is COc1ccc([C@@H](O)c2cc(-c3ncnc4cc(N5CCOCC5)ccc34)c(F)cc2Cl)nn1.NC1CCC(NC2CC2c2ccccc2)CC1. The van der Waals surface area contributed by atoms with Gasteiger partial charge in [-0.25, -0.2) is 14.4 Å². The Morgan fingerprint density at radius 2 is 1.76 bits per heavy atom. The first-order chi connectivity index (χ1) is 24.9. The van der Waals surface area contributed by atoms with E-state index in [1.807, 2.05) is 18.2 Å². The van der Waals surface area contributed by atoms with E-state index in [1.54, 1.807) is 12.1 Å². The van der Waals surface area contributed by atoms with Gasteiger partial charge in [0.2, 0.25) is 5.88 Å². The zero-order chi connectivity index (χ0) is 35.3. The second-order valence-electron chi connectivity index (χ2n) is 13.4. The number of methoxy groups -OCH3 is 1. The van der Waals surface area contributed by atoms with Crippen LogP contribution in [0.25, 0.3) is 22.2 Å². The van der Waals surface area contributed by atoms with Crippen LogP contribution in [-0.2, 0) is 4.74 Å². The van der Waals surface area contributed by atoms with Gasteiger partial charge in [-0.1, -0.05) is 41.9 Å². The van der Waals surface area contributed by atoms with E-state index in [2.05, 4.69) is 60.7 Å². The molecule has 1 saturated heterocycles. The van der Waals surface area contributed by atoms with Crippen LogP contribution in [0.5, 0.6) is 5.88 Å². The molecule has 5 aromatic rings. The van der Waals surface area contributed by atoms with E-state index >= 15 is 4.39 Å². The van der Waals surface area contributed by atoms with Gasteiger partial charge in [0.1, 0.15) is 18.2 Å². The Hall–Kier alpha value is -4.26. The Kier molecular flexibility index (Phi) is 11.0. The van der Waals surface area contributed by atoms with Crippen molar-refractivity contribution in [1.29, 1.82) is 0 Å². The number of anilines is 1. The number of aliphatic hydroxyl groups is 1. The number of nitrogens with two attached hydrogens (primary N) is 1. The number of fused-ring (bicyclic) bond motifs is 1. The Morgan fingerprint density at radius 3 is 2.49 bits per heavy atom. The first-order valence-electron chi connectivity index (χ1n) is 17.6. The van der Waals surface area contributed by atoms with Crippen molar-refractivity contribution >= 4 is 28.2 Å². The molecule has 0 bridgehead atoms. The summed E-state index contributed by atoms with van der Waals surface area (Å²) in [6, 6.07) is 24.4. The van der Waals surface area contributed by atoms with E-state index in [0.29, 0.717) is 47.8 Å². The molecule has 0 radical (unpaired) electrons. The lowest BCUT2D eigenvalue weighted by atomic mass is 9.92. The molecule has 2 aliphatic carbocycles. The van der Waals surface area contributed by atoms with Gasteiger partial charge in [0, 0.05) is 70.4 Å². The van der Waals surface area contributed by atoms with Crippen LogP contribution in [0.2, 0.25) is 5.02 Å². The second kappa shape index (κ2) is 16.0. The number of hydrogen-bond acceptors (Lipinski definition) is 10. The van der Waals surface area contributed by atoms with Crippen LogP contribution in [-0.4, -0.2) is 76.8 Å². The third-order valence-corrected chi connectivity index (χ3v) is 10.3. The van der Waals surface area contributed by atoms with Crippen molar-refractivity contribution in [3.63, 3.8) is 0 Å². The maximum atomic E-state index is 15.1. The molecule has 3 atom stereocenters. The molecule has 0 spiro atoms. The molecule has 3 fully saturated rings.